The molecule has 6 nitrogen and oxygen atoms in total. The van der Waals surface area contributed by atoms with Crippen LogP contribution in [0.5, 0.6) is 0 Å². The number of aromatic nitrogens is 2. The van der Waals surface area contributed by atoms with Crippen molar-refractivity contribution in [2.24, 2.45) is 0 Å². The van der Waals surface area contributed by atoms with E-state index in [4.69, 9.17) is 16.6 Å². The number of anilines is 1. The average Bonchev–Trinajstić information content (AvgIpc) is 3.12. The van der Waals surface area contributed by atoms with Crippen LogP contribution in [0.2, 0.25) is 5.02 Å². The second-order valence-electron chi connectivity index (χ2n) is 7.66. The number of rotatable bonds is 6. The van der Waals surface area contributed by atoms with Gasteiger partial charge in [0.1, 0.15) is 12.4 Å². The lowest BCUT2D eigenvalue weighted by Gasteiger charge is -2.16. The molecule has 1 heterocycles. The molecule has 1 aromatic heterocycles. The van der Waals surface area contributed by atoms with Crippen LogP contribution >= 0.6 is 11.6 Å². The number of carbonyl (C=O) groups is 2. The number of nitrogens with zero attached hydrogens (tertiary/aromatic N) is 2. The van der Waals surface area contributed by atoms with E-state index in [1.165, 1.54) is 0 Å². The van der Waals surface area contributed by atoms with Crippen LogP contribution in [0.1, 0.15) is 34.7 Å². The summed E-state index contributed by atoms with van der Waals surface area (Å²) in [7, 11) is 0. The van der Waals surface area contributed by atoms with Crippen molar-refractivity contribution in [3.63, 3.8) is 0 Å². The van der Waals surface area contributed by atoms with E-state index in [9.17, 15) is 9.59 Å². The second-order valence-corrected chi connectivity index (χ2v) is 8.10. The van der Waals surface area contributed by atoms with Gasteiger partial charge in [0.05, 0.1) is 17.1 Å². The molecule has 0 bridgehead atoms. The number of para-hydroxylation sites is 2. The van der Waals surface area contributed by atoms with E-state index >= 15 is 0 Å². The van der Waals surface area contributed by atoms with Crippen molar-refractivity contribution in [1.29, 1.82) is 0 Å². The summed E-state index contributed by atoms with van der Waals surface area (Å²) in [6.45, 7) is 3.90. The van der Waals surface area contributed by atoms with Crippen molar-refractivity contribution in [2.75, 3.05) is 5.32 Å². The van der Waals surface area contributed by atoms with Crippen LogP contribution in [0, 0.1) is 6.92 Å². The van der Waals surface area contributed by atoms with E-state index in [1.54, 1.807) is 24.3 Å². The maximum atomic E-state index is 12.8. The van der Waals surface area contributed by atoms with Gasteiger partial charge in [0, 0.05) is 16.3 Å². The van der Waals surface area contributed by atoms with Crippen LogP contribution < -0.4 is 10.6 Å². The molecule has 4 rings (SSSR count). The monoisotopic (exact) mass is 446 g/mol. The third-order valence-corrected chi connectivity index (χ3v) is 5.38. The van der Waals surface area contributed by atoms with E-state index in [2.05, 4.69) is 10.6 Å². The molecule has 7 heteroatoms. The van der Waals surface area contributed by atoms with Crippen LogP contribution in [-0.4, -0.2) is 21.4 Å². The third-order valence-electron chi connectivity index (χ3n) is 5.13. The molecule has 1 atom stereocenters. The molecule has 32 heavy (non-hydrogen) atoms. The number of fused-ring (bicyclic) bond motifs is 1. The first kappa shape index (κ1) is 21.6. The molecule has 0 aliphatic heterocycles. The molecular weight excluding hydrogens is 424 g/mol. The highest BCUT2D eigenvalue weighted by Gasteiger charge is 2.20. The van der Waals surface area contributed by atoms with Crippen LogP contribution in [0.3, 0.4) is 0 Å². The molecule has 3 aromatic carbocycles. The van der Waals surface area contributed by atoms with Gasteiger partial charge in [-0.15, -0.1) is 0 Å². The Morgan fingerprint density at radius 3 is 2.53 bits per heavy atom. The number of nitrogens with one attached hydrogen (secondary N) is 2. The van der Waals surface area contributed by atoms with Gasteiger partial charge in [-0.25, -0.2) is 4.98 Å². The second kappa shape index (κ2) is 9.24. The molecule has 0 aliphatic carbocycles. The van der Waals surface area contributed by atoms with E-state index in [-0.39, 0.29) is 18.4 Å². The van der Waals surface area contributed by atoms with Crippen molar-refractivity contribution in [3.8, 4) is 0 Å². The molecule has 0 saturated heterocycles. The van der Waals surface area contributed by atoms with Crippen LogP contribution in [0.25, 0.3) is 11.0 Å². The first-order valence-electron chi connectivity index (χ1n) is 10.3. The van der Waals surface area contributed by atoms with E-state index < -0.39 is 6.04 Å². The predicted octanol–water partition coefficient (Wildman–Crippen LogP) is 5.13. The summed E-state index contributed by atoms with van der Waals surface area (Å²) < 4.78 is 1.84. The van der Waals surface area contributed by atoms with Crippen molar-refractivity contribution < 1.29 is 9.59 Å². The summed E-state index contributed by atoms with van der Waals surface area (Å²) in [4.78, 5) is 30.2. The zero-order chi connectivity index (χ0) is 22.7. The molecule has 2 N–H and O–H groups in total. The lowest BCUT2D eigenvalue weighted by molar-refractivity contribution is -0.116. The molecule has 0 spiro atoms. The van der Waals surface area contributed by atoms with Gasteiger partial charge < -0.3 is 15.2 Å². The number of hydrogen-bond acceptors (Lipinski definition) is 3. The molecular formula is C25H23ClN4O2. The number of carbonyl (C=O) groups excluding carboxylic acids is 2. The van der Waals surface area contributed by atoms with Crippen molar-refractivity contribution >= 4 is 40.1 Å². The Morgan fingerprint density at radius 2 is 1.78 bits per heavy atom. The zero-order valence-corrected chi connectivity index (χ0v) is 18.6. The van der Waals surface area contributed by atoms with Gasteiger partial charge in [-0.1, -0.05) is 35.9 Å². The van der Waals surface area contributed by atoms with Gasteiger partial charge in [0.25, 0.3) is 5.91 Å². The maximum Gasteiger partial charge on any atom is 0.251 e. The van der Waals surface area contributed by atoms with Gasteiger partial charge in [-0.2, -0.15) is 0 Å². The van der Waals surface area contributed by atoms with Gasteiger partial charge in [-0.05, 0) is 67.9 Å². The van der Waals surface area contributed by atoms with Crippen LogP contribution in [0.15, 0.2) is 72.8 Å². The smallest absolute Gasteiger partial charge is 0.251 e. The number of amides is 2. The third kappa shape index (κ3) is 4.81. The predicted molar refractivity (Wildman–Crippen MR) is 127 cm³/mol. The first-order chi connectivity index (χ1) is 15.4. The average molecular weight is 447 g/mol. The molecule has 0 radical (unpaired) electrons. The van der Waals surface area contributed by atoms with Crippen LogP contribution in [-0.2, 0) is 11.3 Å². The Kier molecular flexibility index (Phi) is 6.23. The minimum Gasteiger partial charge on any atom is -0.342 e. The number of hydrogen-bond donors (Lipinski definition) is 2. The fraction of sp³-hybridized carbons (Fsp3) is 0.160. The molecule has 2 amide bonds. The Balaban J connectivity index is 1.58. The highest BCUT2D eigenvalue weighted by molar-refractivity contribution is 6.30. The topological polar surface area (TPSA) is 76.0 Å². The zero-order valence-electron chi connectivity index (χ0n) is 17.8. The number of benzene rings is 3. The SMILES string of the molecule is Cc1cccc(NC(=O)Cn2c(C(C)NC(=O)c3ccc(Cl)cc3)nc3ccccc32)c1. The molecule has 162 valence electrons. The number of aryl methyl sites for hydroxylation is 1. The molecule has 0 fully saturated rings. The minimum atomic E-state index is -0.419. The van der Waals surface area contributed by atoms with E-state index in [1.807, 2.05) is 66.9 Å². The summed E-state index contributed by atoms with van der Waals surface area (Å²) in [5.74, 6) is 0.195. The Morgan fingerprint density at radius 1 is 1.03 bits per heavy atom. The summed E-state index contributed by atoms with van der Waals surface area (Å²) >= 11 is 5.92. The fourth-order valence-corrected chi connectivity index (χ4v) is 3.73. The summed E-state index contributed by atoms with van der Waals surface area (Å²) in [5, 5.41) is 6.47. The Labute approximate surface area is 191 Å². The van der Waals surface area contributed by atoms with E-state index in [0.29, 0.717) is 16.4 Å². The Hall–Kier alpha value is -3.64. The molecule has 0 saturated carbocycles. The van der Waals surface area contributed by atoms with Crippen molar-refractivity contribution in [1.82, 2.24) is 14.9 Å². The Bertz CT molecular complexity index is 1280. The standard InChI is InChI=1S/C25H23ClN4O2/c1-16-6-5-7-20(14-16)28-23(31)15-30-22-9-4-3-8-21(22)29-24(30)17(2)27-25(32)18-10-12-19(26)13-11-18/h3-14,17H,15H2,1-2H3,(H,27,32)(H,28,31). The number of imidazole rings is 1. The van der Waals surface area contributed by atoms with E-state index in [0.717, 1.165) is 22.3 Å². The largest absolute Gasteiger partial charge is 0.342 e. The van der Waals surface area contributed by atoms with Crippen molar-refractivity contribution in [3.05, 3.63) is 94.8 Å². The van der Waals surface area contributed by atoms with Gasteiger partial charge >= 0.3 is 0 Å². The minimum absolute atomic E-state index is 0.0743. The van der Waals surface area contributed by atoms with Gasteiger partial charge in [0.2, 0.25) is 5.91 Å². The highest BCUT2D eigenvalue weighted by atomic mass is 35.5. The quantitative estimate of drug-likeness (QED) is 0.431. The first-order valence-corrected chi connectivity index (χ1v) is 10.7. The lowest BCUT2D eigenvalue weighted by Crippen LogP contribution is -2.30. The normalized spacial score (nSPS) is 11.8. The summed E-state index contributed by atoms with van der Waals surface area (Å²) in [5.41, 5.74) is 3.90. The van der Waals surface area contributed by atoms with Crippen LogP contribution in [0.4, 0.5) is 5.69 Å². The molecule has 1 unspecified atom stereocenters. The summed E-state index contributed by atoms with van der Waals surface area (Å²) in [6.07, 6.45) is 0. The fourth-order valence-electron chi connectivity index (χ4n) is 3.60. The summed E-state index contributed by atoms with van der Waals surface area (Å²) in [6, 6.07) is 21.5. The van der Waals surface area contributed by atoms with Gasteiger partial charge in [0.15, 0.2) is 0 Å². The maximum absolute atomic E-state index is 12.8. The lowest BCUT2D eigenvalue weighted by atomic mass is 10.2. The van der Waals surface area contributed by atoms with Crippen molar-refractivity contribution in [2.45, 2.75) is 26.4 Å². The molecule has 4 aromatic rings. The number of halogens is 1. The highest BCUT2D eigenvalue weighted by Crippen LogP contribution is 2.22. The molecule has 0 aliphatic rings. The van der Waals surface area contributed by atoms with Gasteiger partial charge in [-0.3, -0.25) is 9.59 Å².